The number of nitrogens with zero attached hydrogens (tertiary/aromatic N) is 2. The van der Waals surface area contributed by atoms with Crippen LogP contribution in [0.5, 0.6) is 5.88 Å². The lowest BCUT2D eigenvalue weighted by Gasteiger charge is -2.12. The second-order valence-corrected chi connectivity index (χ2v) is 3.62. The van der Waals surface area contributed by atoms with Crippen molar-refractivity contribution in [1.29, 1.82) is 0 Å². The highest BCUT2D eigenvalue weighted by atomic mass is 16.5. The molecule has 0 aliphatic rings. The van der Waals surface area contributed by atoms with Gasteiger partial charge in [-0.25, -0.2) is 4.98 Å². The van der Waals surface area contributed by atoms with E-state index in [0.717, 1.165) is 12.2 Å². The number of ether oxygens (including phenoxy) is 1. The van der Waals surface area contributed by atoms with E-state index in [1.165, 1.54) is 0 Å². The van der Waals surface area contributed by atoms with Gasteiger partial charge < -0.3 is 15.8 Å². The largest absolute Gasteiger partial charge is 0.478 e. The fourth-order valence-corrected chi connectivity index (χ4v) is 1.23. The van der Waals surface area contributed by atoms with Crippen molar-refractivity contribution in [1.82, 2.24) is 9.97 Å². The number of nitrogens with two attached hydrogens (primary N) is 1. The van der Waals surface area contributed by atoms with Crippen LogP contribution in [0.2, 0.25) is 0 Å². The number of rotatable bonds is 6. The number of anilines is 1. The first kappa shape index (κ1) is 12.7. The average Bonchev–Trinajstić information content (AvgIpc) is 2.25. The van der Waals surface area contributed by atoms with Crippen LogP contribution in [0.3, 0.4) is 0 Å². The van der Waals surface area contributed by atoms with Crippen LogP contribution < -0.4 is 15.8 Å². The summed E-state index contributed by atoms with van der Waals surface area (Å²) in [6.45, 7) is 7.14. The highest BCUT2D eigenvalue weighted by Gasteiger charge is 2.04. The zero-order valence-electron chi connectivity index (χ0n) is 10.2. The molecule has 0 amide bonds. The van der Waals surface area contributed by atoms with Gasteiger partial charge in [0.05, 0.1) is 6.61 Å². The van der Waals surface area contributed by atoms with Crippen molar-refractivity contribution in [3.05, 3.63) is 11.9 Å². The van der Waals surface area contributed by atoms with Crippen LogP contribution in [0.4, 0.5) is 5.82 Å². The fourth-order valence-electron chi connectivity index (χ4n) is 1.23. The quantitative estimate of drug-likeness (QED) is 0.762. The first-order valence-corrected chi connectivity index (χ1v) is 5.63. The van der Waals surface area contributed by atoms with Crippen molar-refractivity contribution in [3.8, 4) is 5.88 Å². The van der Waals surface area contributed by atoms with E-state index in [1.54, 1.807) is 6.07 Å². The molecule has 1 aromatic heterocycles. The Morgan fingerprint density at radius 1 is 1.44 bits per heavy atom. The predicted molar refractivity (Wildman–Crippen MR) is 64.7 cm³/mol. The molecule has 90 valence electrons. The Bertz CT molecular complexity index is 330. The Kier molecular flexibility index (Phi) is 4.98. The molecule has 0 aliphatic heterocycles. The molecule has 5 nitrogen and oxygen atoms in total. The van der Waals surface area contributed by atoms with Gasteiger partial charge in [-0.3, -0.25) is 0 Å². The topological polar surface area (TPSA) is 73.1 Å². The Labute approximate surface area is 96.4 Å². The first-order valence-electron chi connectivity index (χ1n) is 5.63. The highest BCUT2D eigenvalue weighted by molar-refractivity contribution is 5.38. The molecule has 0 fully saturated rings. The molecule has 1 atom stereocenters. The second-order valence-electron chi connectivity index (χ2n) is 3.62. The van der Waals surface area contributed by atoms with Gasteiger partial charge in [0.1, 0.15) is 11.6 Å². The van der Waals surface area contributed by atoms with Crippen LogP contribution in [0.1, 0.15) is 26.1 Å². The monoisotopic (exact) mass is 224 g/mol. The molecule has 5 heteroatoms. The summed E-state index contributed by atoms with van der Waals surface area (Å²) in [5, 5.41) is 3.18. The lowest BCUT2D eigenvalue weighted by Crippen LogP contribution is -2.28. The van der Waals surface area contributed by atoms with Gasteiger partial charge in [0.2, 0.25) is 5.88 Å². The SMILES string of the molecule is CCOc1cc(NCC(N)CC)nc(C)n1. The van der Waals surface area contributed by atoms with E-state index in [4.69, 9.17) is 10.5 Å². The number of nitrogens with one attached hydrogen (secondary N) is 1. The third-order valence-corrected chi connectivity index (χ3v) is 2.18. The maximum absolute atomic E-state index is 5.82. The molecule has 0 radical (unpaired) electrons. The van der Waals surface area contributed by atoms with E-state index in [0.29, 0.717) is 24.9 Å². The van der Waals surface area contributed by atoms with Gasteiger partial charge in [-0.1, -0.05) is 6.92 Å². The van der Waals surface area contributed by atoms with E-state index in [-0.39, 0.29) is 6.04 Å². The van der Waals surface area contributed by atoms with Crippen molar-refractivity contribution in [2.24, 2.45) is 5.73 Å². The Morgan fingerprint density at radius 2 is 2.19 bits per heavy atom. The molecule has 0 aromatic carbocycles. The standard InChI is InChI=1S/C11H20N4O/c1-4-9(12)7-13-10-6-11(16-5-2)15-8(3)14-10/h6,9H,4-5,7,12H2,1-3H3,(H,13,14,15). The van der Waals surface area contributed by atoms with Gasteiger partial charge in [0.25, 0.3) is 0 Å². The Morgan fingerprint density at radius 3 is 2.81 bits per heavy atom. The number of aryl methyl sites for hydroxylation is 1. The Hall–Kier alpha value is -1.36. The summed E-state index contributed by atoms with van der Waals surface area (Å²) in [7, 11) is 0. The van der Waals surface area contributed by atoms with E-state index >= 15 is 0 Å². The lowest BCUT2D eigenvalue weighted by atomic mass is 10.2. The molecule has 1 heterocycles. The van der Waals surface area contributed by atoms with Crippen LogP contribution in [0.15, 0.2) is 6.07 Å². The van der Waals surface area contributed by atoms with Crippen LogP contribution >= 0.6 is 0 Å². The highest BCUT2D eigenvalue weighted by Crippen LogP contribution is 2.13. The molecular formula is C11H20N4O. The van der Waals surface area contributed by atoms with Crippen molar-refractivity contribution in [2.45, 2.75) is 33.2 Å². The fraction of sp³-hybridized carbons (Fsp3) is 0.636. The molecule has 3 N–H and O–H groups in total. The minimum Gasteiger partial charge on any atom is -0.478 e. The summed E-state index contributed by atoms with van der Waals surface area (Å²) in [5.74, 6) is 2.06. The molecular weight excluding hydrogens is 204 g/mol. The van der Waals surface area contributed by atoms with E-state index < -0.39 is 0 Å². The third-order valence-electron chi connectivity index (χ3n) is 2.18. The summed E-state index contributed by atoms with van der Waals surface area (Å²) in [6, 6.07) is 1.93. The Balaban J connectivity index is 2.64. The summed E-state index contributed by atoms with van der Waals surface area (Å²) < 4.78 is 5.34. The minimum atomic E-state index is 0.144. The molecule has 0 saturated carbocycles. The molecule has 0 saturated heterocycles. The predicted octanol–water partition coefficient (Wildman–Crippen LogP) is 1.33. The number of hydrogen-bond acceptors (Lipinski definition) is 5. The number of hydrogen-bond donors (Lipinski definition) is 2. The molecule has 0 bridgehead atoms. The number of aromatic nitrogens is 2. The summed E-state index contributed by atoms with van der Waals surface area (Å²) in [6.07, 6.45) is 0.940. The normalized spacial score (nSPS) is 12.2. The first-order chi connectivity index (χ1) is 7.65. The van der Waals surface area contributed by atoms with Crippen molar-refractivity contribution in [3.63, 3.8) is 0 Å². The maximum Gasteiger partial charge on any atom is 0.218 e. The molecule has 1 aromatic rings. The maximum atomic E-state index is 5.82. The lowest BCUT2D eigenvalue weighted by molar-refractivity contribution is 0.325. The summed E-state index contributed by atoms with van der Waals surface area (Å²) in [5.41, 5.74) is 5.82. The van der Waals surface area contributed by atoms with E-state index in [2.05, 4.69) is 22.2 Å². The minimum absolute atomic E-state index is 0.144. The molecule has 1 unspecified atom stereocenters. The van der Waals surface area contributed by atoms with E-state index in [1.807, 2.05) is 13.8 Å². The van der Waals surface area contributed by atoms with Crippen LogP contribution in [0, 0.1) is 6.92 Å². The van der Waals surface area contributed by atoms with Crippen LogP contribution in [-0.4, -0.2) is 29.2 Å². The smallest absolute Gasteiger partial charge is 0.218 e. The van der Waals surface area contributed by atoms with Crippen molar-refractivity contribution in [2.75, 3.05) is 18.5 Å². The van der Waals surface area contributed by atoms with Crippen LogP contribution in [0.25, 0.3) is 0 Å². The molecule has 16 heavy (non-hydrogen) atoms. The molecule has 1 rings (SSSR count). The second kappa shape index (κ2) is 6.27. The van der Waals surface area contributed by atoms with Gasteiger partial charge in [0.15, 0.2) is 0 Å². The molecule has 0 aliphatic carbocycles. The van der Waals surface area contributed by atoms with Gasteiger partial charge in [-0.15, -0.1) is 0 Å². The van der Waals surface area contributed by atoms with Gasteiger partial charge in [0, 0.05) is 18.7 Å². The van der Waals surface area contributed by atoms with Gasteiger partial charge in [-0.05, 0) is 20.3 Å². The summed E-state index contributed by atoms with van der Waals surface area (Å²) in [4.78, 5) is 8.43. The van der Waals surface area contributed by atoms with Crippen molar-refractivity contribution >= 4 is 5.82 Å². The summed E-state index contributed by atoms with van der Waals surface area (Å²) >= 11 is 0. The zero-order chi connectivity index (χ0) is 12.0. The van der Waals surface area contributed by atoms with Crippen LogP contribution in [-0.2, 0) is 0 Å². The van der Waals surface area contributed by atoms with Crippen molar-refractivity contribution < 1.29 is 4.74 Å². The third kappa shape index (κ3) is 4.02. The van der Waals surface area contributed by atoms with E-state index in [9.17, 15) is 0 Å². The average molecular weight is 224 g/mol. The van der Waals surface area contributed by atoms with Gasteiger partial charge in [-0.2, -0.15) is 4.98 Å². The van der Waals surface area contributed by atoms with Gasteiger partial charge >= 0.3 is 0 Å². The zero-order valence-corrected chi connectivity index (χ0v) is 10.2. The molecule has 0 spiro atoms.